The van der Waals surface area contributed by atoms with E-state index < -0.39 is 0 Å². The molecular weight excluding hydrogens is 494 g/mol. The summed E-state index contributed by atoms with van der Waals surface area (Å²) in [6.07, 6.45) is 6.15. The van der Waals surface area contributed by atoms with Crippen LogP contribution in [0.25, 0.3) is 22.3 Å². The molecule has 2 aromatic heterocycles. The van der Waals surface area contributed by atoms with Gasteiger partial charge in [0.1, 0.15) is 17.2 Å². The van der Waals surface area contributed by atoms with Crippen molar-refractivity contribution in [2.75, 3.05) is 20.8 Å². The number of methoxy groups -OCH3 is 2. The van der Waals surface area contributed by atoms with Gasteiger partial charge in [-0.2, -0.15) is 0 Å². The summed E-state index contributed by atoms with van der Waals surface area (Å²) in [5, 5.41) is 2.97. The van der Waals surface area contributed by atoms with Crippen LogP contribution in [-0.4, -0.2) is 45.8 Å². The molecule has 0 unspecified atom stereocenters. The highest BCUT2D eigenvalue weighted by Gasteiger charge is 2.16. The number of hydrogen-bond acceptors (Lipinski definition) is 6. The minimum Gasteiger partial charge on any atom is -0.497 e. The Morgan fingerprint density at radius 2 is 1.79 bits per heavy atom. The molecular formula is C30H29N5O4. The van der Waals surface area contributed by atoms with Gasteiger partial charge in [0.15, 0.2) is 0 Å². The molecule has 2 heterocycles. The highest BCUT2D eigenvalue weighted by Crippen LogP contribution is 2.23. The van der Waals surface area contributed by atoms with Gasteiger partial charge in [-0.3, -0.25) is 9.59 Å². The van der Waals surface area contributed by atoms with Crippen molar-refractivity contribution < 1.29 is 14.3 Å². The minimum absolute atomic E-state index is 0.194. The van der Waals surface area contributed by atoms with Gasteiger partial charge < -0.3 is 23.9 Å². The van der Waals surface area contributed by atoms with E-state index in [2.05, 4.69) is 10.3 Å². The molecule has 0 spiro atoms. The quantitative estimate of drug-likeness (QED) is 0.276. The molecule has 0 aliphatic carbocycles. The van der Waals surface area contributed by atoms with Crippen LogP contribution >= 0.6 is 0 Å². The van der Waals surface area contributed by atoms with Crippen LogP contribution in [0.3, 0.4) is 0 Å². The third-order valence-corrected chi connectivity index (χ3v) is 6.49. The van der Waals surface area contributed by atoms with Crippen LogP contribution in [0.5, 0.6) is 11.5 Å². The number of benzene rings is 3. The monoisotopic (exact) mass is 523 g/mol. The first-order chi connectivity index (χ1) is 19.1. The maximum absolute atomic E-state index is 13.8. The maximum atomic E-state index is 13.8. The normalized spacial score (nSPS) is 10.9. The highest BCUT2D eigenvalue weighted by molar-refractivity contribution is 5.97. The number of aryl methyl sites for hydroxylation is 1. The lowest BCUT2D eigenvalue weighted by Crippen LogP contribution is -2.26. The fourth-order valence-corrected chi connectivity index (χ4v) is 4.40. The average molecular weight is 524 g/mol. The predicted octanol–water partition coefficient (Wildman–Crippen LogP) is 4.15. The molecule has 9 nitrogen and oxygen atoms in total. The van der Waals surface area contributed by atoms with Crippen LogP contribution in [0.2, 0.25) is 0 Å². The van der Waals surface area contributed by atoms with Crippen LogP contribution in [0, 0.1) is 0 Å². The third-order valence-electron chi connectivity index (χ3n) is 6.49. The summed E-state index contributed by atoms with van der Waals surface area (Å²) in [5.74, 6) is 1.17. The summed E-state index contributed by atoms with van der Waals surface area (Å²) in [5.41, 5.74) is 3.28. The highest BCUT2D eigenvalue weighted by atomic mass is 16.5. The van der Waals surface area contributed by atoms with Crippen molar-refractivity contribution in [3.05, 3.63) is 107 Å². The molecule has 0 radical (unpaired) electrons. The van der Waals surface area contributed by atoms with Gasteiger partial charge in [-0.15, -0.1) is 0 Å². The van der Waals surface area contributed by atoms with Gasteiger partial charge in [-0.1, -0.05) is 24.3 Å². The van der Waals surface area contributed by atoms with Crippen molar-refractivity contribution >= 4 is 16.9 Å². The molecule has 0 bridgehead atoms. The van der Waals surface area contributed by atoms with Crippen LogP contribution in [0.15, 0.2) is 90.2 Å². The molecule has 198 valence electrons. The number of fused-ring (bicyclic) bond motifs is 1. The van der Waals surface area contributed by atoms with Gasteiger partial charge in [0.25, 0.3) is 11.5 Å². The lowest BCUT2D eigenvalue weighted by molar-refractivity contribution is 0.0953. The Morgan fingerprint density at radius 1 is 0.974 bits per heavy atom. The first-order valence-electron chi connectivity index (χ1n) is 12.6. The molecule has 9 heteroatoms. The van der Waals surface area contributed by atoms with Gasteiger partial charge in [0.05, 0.1) is 38.1 Å². The molecule has 0 saturated carbocycles. The zero-order valence-corrected chi connectivity index (χ0v) is 21.8. The van der Waals surface area contributed by atoms with Crippen molar-refractivity contribution in [3.8, 4) is 22.8 Å². The van der Waals surface area contributed by atoms with Gasteiger partial charge in [-0.25, -0.2) is 9.97 Å². The second kappa shape index (κ2) is 11.6. The Hall–Kier alpha value is -4.92. The molecule has 1 amide bonds. The molecule has 0 aliphatic rings. The third kappa shape index (κ3) is 5.82. The number of nitrogens with one attached hydrogen (secondary N) is 1. The van der Waals surface area contributed by atoms with Crippen LogP contribution in [0.4, 0.5) is 0 Å². The Balaban J connectivity index is 1.49. The van der Waals surface area contributed by atoms with Gasteiger partial charge >= 0.3 is 0 Å². The fraction of sp³-hybridized carbons (Fsp3) is 0.200. The van der Waals surface area contributed by atoms with Gasteiger partial charge in [0, 0.05) is 36.6 Å². The van der Waals surface area contributed by atoms with Gasteiger partial charge in [0.2, 0.25) is 0 Å². The van der Waals surface area contributed by atoms with E-state index in [9.17, 15) is 9.59 Å². The van der Waals surface area contributed by atoms with E-state index in [4.69, 9.17) is 14.5 Å². The number of hydrogen-bond donors (Lipinski definition) is 1. The summed E-state index contributed by atoms with van der Waals surface area (Å²) in [6, 6.07) is 20.1. The minimum atomic E-state index is -0.233. The molecule has 0 aliphatic heterocycles. The largest absolute Gasteiger partial charge is 0.497 e. The van der Waals surface area contributed by atoms with E-state index in [1.807, 2.05) is 53.2 Å². The van der Waals surface area contributed by atoms with E-state index in [0.29, 0.717) is 41.0 Å². The summed E-state index contributed by atoms with van der Waals surface area (Å²) < 4.78 is 14.3. The summed E-state index contributed by atoms with van der Waals surface area (Å²) in [7, 11) is 3.19. The lowest BCUT2D eigenvalue weighted by atomic mass is 10.1. The lowest BCUT2D eigenvalue weighted by Gasteiger charge is -2.14. The topological polar surface area (TPSA) is 100 Å². The second-order valence-electron chi connectivity index (χ2n) is 9.05. The van der Waals surface area contributed by atoms with E-state index in [1.165, 1.54) is 0 Å². The van der Waals surface area contributed by atoms with E-state index in [-0.39, 0.29) is 17.2 Å². The van der Waals surface area contributed by atoms with E-state index in [1.54, 1.807) is 55.6 Å². The van der Waals surface area contributed by atoms with Crippen molar-refractivity contribution in [1.82, 2.24) is 24.4 Å². The summed E-state index contributed by atoms with van der Waals surface area (Å²) in [4.78, 5) is 35.4. The molecule has 0 fully saturated rings. The number of amides is 1. The zero-order chi connectivity index (χ0) is 27.2. The number of carbonyl (C=O) groups is 1. The summed E-state index contributed by atoms with van der Waals surface area (Å²) in [6.45, 7) is 1.62. The van der Waals surface area contributed by atoms with Crippen molar-refractivity contribution in [1.29, 1.82) is 0 Å². The number of nitrogens with zero attached hydrogens (tertiary/aromatic N) is 4. The van der Waals surface area contributed by atoms with E-state index >= 15 is 0 Å². The molecule has 5 rings (SSSR count). The van der Waals surface area contributed by atoms with Crippen LogP contribution in [-0.2, 0) is 13.1 Å². The average Bonchev–Trinajstić information content (AvgIpc) is 3.50. The Morgan fingerprint density at radius 3 is 2.54 bits per heavy atom. The van der Waals surface area contributed by atoms with Crippen molar-refractivity contribution in [2.45, 2.75) is 19.5 Å². The van der Waals surface area contributed by atoms with Crippen molar-refractivity contribution in [3.63, 3.8) is 0 Å². The number of imidazole rings is 1. The van der Waals surface area contributed by atoms with Gasteiger partial charge in [-0.05, 0) is 54.4 Å². The van der Waals surface area contributed by atoms with E-state index in [0.717, 1.165) is 24.3 Å². The maximum Gasteiger partial charge on any atom is 0.277 e. The number of rotatable bonds is 10. The Kier molecular flexibility index (Phi) is 7.68. The van der Waals surface area contributed by atoms with Crippen molar-refractivity contribution in [2.24, 2.45) is 0 Å². The first-order valence-corrected chi connectivity index (χ1v) is 12.6. The molecule has 1 N–H and O–H groups in total. The summed E-state index contributed by atoms with van der Waals surface area (Å²) >= 11 is 0. The number of carbonyl (C=O) groups excluding carboxylic acids is 1. The molecule has 3 aromatic carbocycles. The standard InChI is InChI=1S/C30H29N5O4/c1-38-24-10-7-21(8-11-24)19-35-27-12-9-23(29(36)32-13-4-15-34-16-14-31-20-34)18-26(27)33-28(30(35)37)22-5-3-6-25(17-22)39-2/h3,5-12,14,16-18,20H,4,13,15,19H2,1-2H3,(H,32,36). The molecule has 0 atom stereocenters. The number of aromatic nitrogens is 4. The smallest absolute Gasteiger partial charge is 0.277 e. The fourth-order valence-electron chi connectivity index (χ4n) is 4.40. The Bertz CT molecular complexity index is 1640. The van der Waals surface area contributed by atoms with Crippen LogP contribution < -0.4 is 20.3 Å². The first kappa shape index (κ1) is 25.7. The second-order valence-corrected chi connectivity index (χ2v) is 9.05. The predicted molar refractivity (Wildman–Crippen MR) is 149 cm³/mol. The molecule has 5 aromatic rings. The van der Waals surface area contributed by atoms with Crippen LogP contribution in [0.1, 0.15) is 22.3 Å². The molecule has 0 saturated heterocycles. The zero-order valence-electron chi connectivity index (χ0n) is 21.8. The SMILES string of the molecule is COc1ccc(Cn2c(=O)c(-c3cccc(OC)c3)nc3cc(C(=O)NCCCn4ccnc4)ccc32)cc1. The Labute approximate surface area is 225 Å². The molecule has 39 heavy (non-hydrogen) atoms. The number of ether oxygens (including phenoxy) is 2.